The second kappa shape index (κ2) is 8.44. The van der Waals surface area contributed by atoms with Crippen LogP contribution in [0.1, 0.15) is 30.3 Å². The van der Waals surface area contributed by atoms with Crippen LogP contribution in [-0.2, 0) is 14.3 Å². The fourth-order valence-electron chi connectivity index (χ4n) is 3.39. The molecule has 1 aliphatic heterocycles. The van der Waals surface area contributed by atoms with Crippen molar-refractivity contribution in [3.05, 3.63) is 83.2 Å². The SMILES string of the molecule is COC(=O)C1=C(C)N=c2s/c(=C/c3cccc(OC(C)=O)c3)c(=O)n2C1c1cccs1. The van der Waals surface area contributed by atoms with Gasteiger partial charge in [-0.05, 0) is 42.1 Å². The average Bonchev–Trinajstić information content (AvgIpc) is 3.35. The predicted molar refractivity (Wildman–Crippen MR) is 118 cm³/mol. The number of rotatable bonds is 4. The zero-order chi connectivity index (χ0) is 22.1. The topological polar surface area (TPSA) is 87.0 Å². The van der Waals surface area contributed by atoms with Crippen molar-refractivity contribution in [2.24, 2.45) is 4.99 Å². The van der Waals surface area contributed by atoms with Crippen LogP contribution in [0.25, 0.3) is 6.08 Å². The number of thiophene rings is 1. The van der Waals surface area contributed by atoms with Crippen molar-refractivity contribution in [1.82, 2.24) is 4.57 Å². The van der Waals surface area contributed by atoms with Crippen LogP contribution in [0.3, 0.4) is 0 Å². The number of benzene rings is 1. The predicted octanol–water partition coefficient (Wildman–Crippen LogP) is 2.40. The van der Waals surface area contributed by atoms with Crippen molar-refractivity contribution in [3.8, 4) is 5.75 Å². The third-order valence-electron chi connectivity index (χ3n) is 4.66. The Bertz CT molecular complexity index is 1380. The van der Waals surface area contributed by atoms with Crippen LogP contribution in [-0.4, -0.2) is 23.6 Å². The smallest absolute Gasteiger partial charge is 0.338 e. The Labute approximate surface area is 185 Å². The molecule has 0 fully saturated rings. The average molecular weight is 455 g/mol. The Hall–Kier alpha value is -3.30. The normalized spacial score (nSPS) is 16.0. The molecule has 31 heavy (non-hydrogen) atoms. The summed E-state index contributed by atoms with van der Waals surface area (Å²) >= 11 is 2.70. The monoisotopic (exact) mass is 454 g/mol. The summed E-state index contributed by atoms with van der Waals surface area (Å²) in [6, 6.07) is 10.1. The molecule has 0 saturated heterocycles. The molecule has 158 valence electrons. The maximum absolute atomic E-state index is 13.4. The minimum absolute atomic E-state index is 0.256. The molecule has 0 aliphatic carbocycles. The molecule has 0 N–H and O–H groups in total. The lowest BCUT2D eigenvalue weighted by Gasteiger charge is -2.22. The molecule has 7 nitrogen and oxygen atoms in total. The van der Waals surface area contributed by atoms with E-state index < -0.39 is 18.0 Å². The van der Waals surface area contributed by atoms with E-state index in [4.69, 9.17) is 9.47 Å². The molecule has 1 aromatic carbocycles. The maximum atomic E-state index is 13.4. The van der Waals surface area contributed by atoms with Gasteiger partial charge in [-0.1, -0.05) is 29.5 Å². The second-order valence-electron chi connectivity index (χ2n) is 6.75. The van der Waals surface area contributed by atoms with Crippen LogP contribution in [0, 0.1) is 0 Å². The van der Waals surface area contributed by atoms with Crippen LogP contribution in [0.15, 0.2) is 62.8 Å². The Balaban J connectivity index is 1.89. The van der Waals surface area contributed by atoms with Gasteiger partial charge in [0.15, 0.2) is 4.80 Å². The zero-order valence-corrected chi connectivity index (χ0v) is 18.6. The summed E-state index contributed by atoms with van der Waals surface area (Å²) in [5.41, 5.74) is 1.32. The summed E-state index contributed by atoms with van der Waals surface area (Å²) in [5, 5.41) is 1.90. The van der Waals surface area contributed by atoms with E-state index in [-0.39, 0.29) is 5.56 Å². The molecule has 3 heterocycles. The van der Waals surface area contributed by atoms with Crippen molar-refractivity contribution in [1.29, 1.82) is 0 Å². The van der Waals surface area contributed by atoms with Gasteiger partial charge in [-0.15, -0.1) is 11.3 Å². The first-order valence-corrected chi connectivity index (χ1v) is 11.0. The Morgan fingerprint density at radius 3 is 2.71 bits per heavy atom. The molecule has 0 saturated carbocycles. The number of thiazole rings is 1. The van der Waals surface area contributed by atoms with E-state index in [1.54, 1.807) is 31.2 Å². The number of esters is 2. The van der Waals surface area contributed by atoms with Crippen molar-refractivity contribution >= 4 is 40.7 Å². The number of aromatic nitrogens is 1. The zero-order valence-electron chi connectivity index (χ0n) is 16.9. The van der Waals surface area contributed by atoms with Gasteiger partial charge in [0.25, 0.3) is 5.56 Å². The summed E-state index contributed by atoms with van der Waals surface area (Å²) in [4.78, 5) is 43.0. The highest BCUT2D eigenvalue weighted by Crippen LogP contribution is 2.32. The third kappa shape index (κ3) is 4.01. The lowest BCUT2D eigenvalue weighted by Crippen LogP contribution is -2.39. The Morgan fingerprint density at radius 2 is 2.03 bits per heavy atom. The van der Waals surface area contributed by atoms with Gasteiger partial charge in [0.2, 0.25) is 0 Å². The van der Waals surface area contributed by atoms with Crippen molar-refractivity contribution in [2.75, 3.05) is 7.11 Å². The summed E-state index contributed by atoms with van der Waals surface area (Å²) in [6.07, 6.45) is 1.72. The van der Waals surface area contributed by atoms with Gasteiger partial charge < -0.3 is 9.47 Å². The van der Waals surface area contributed by atoms with Gasteiger partial charge in [0.05, 0.1) is 22.9 Å². The minimum Gasteiger partial charge on any atom is -0.466 e. The number of methoxy groups -OCH3 is 1. The highest BCUT2D eigenvalue weighted by atomic mass is 32.1. The molecule has 0 spiro atoms. The second-order valence-corrected chi connectivity index (χ2v) is 8.74. The molecule has 0 bridgehead atoms. The van der Waals surface area contributed by atoms with E-state index >= 15 is 0 Å². The number of nitrogens with zero attached hydrogens (tertiary/aromatic N) is 2. The number of allylic oxidation sites excluding steroid dienone is 1. The van der Waals surface area contributed by atoms with E-state index in [9.17, 15) is 14.4 Å². The van der Waals surface area contributed by atoms with Crippen LogP contribution in [0.4, 0.5) is 0 Å². The first-order valence-electron chi connectivity index (χ1n) is 9.32. The van der Waals surface area contributed by atoms with Gasteiger partial charge in [0, 0.05) is 11.8 Å². The quantitative estimate of drug-likeness (QED) is 0.446. The molecule has 1 aliphatic rings. The standard InChI is InChI=1S/C22H18N2O5S2/c1-12-18(21(27)28-3)19(16-8-5-9-30-16)24-20(26)17(31-22(24)23-12)11-14-6-4-7-15(10-14)29-13(2)25/h4-11,19H,1-3H3/b17-11+. The fraction of sp³-hybridized carbons (Fsp3) is 0.182. The number of fused-ring (bicyclic) bond motifs is 1. The first kappa shape index (κ1) is 21.0. The van der Waals surface area contributed by atoms with Crippen LogP contribution < -0.4 is 19.6 Å². The van der Waals surface area contributed by atoms with Gasteiger partial charge in [-0.3, -0.25) is 14.2 Å². The number of hydrogen-bond acceptors (Lipinski definition) is 8. The van der Waals surface area contributed by atoms with Gasteiger partial charge in [-0.2, -0.15) is 0 Å². The minimum atomic E-state index is -0.599. The molecule has 2 aromatic heterocycles. The largest absolute Gasteiger partial charge is 0.466 e. The van der Waals surface area contributed by atoms with Crippen LogP contribution >= 0.6 is 22.7 Å². The molecule has 3 aromatic rings. The van der Waals surface area contributed by atoms with E-state index in [0.717, 1.165) is 4.88 Å². The summed E-state index contributed by atoms with van der Waals surface area (Å²) in [5.74, 6) is -0.532. The van der Waals surface area contributed by atoms with Crippen molar-refractivity contribution < 1.29 is 19.1 Å². The first-order chi connectivity index (χ1) is 14.9. The van der Waals surface area contributed by atoms with E-state index in [0.29, 0.717) is 31.9 Å². The molecule has 0 amide bonds. The van der Waals surface area contributed by atoms with Crippen LogP contribution in [0.5, 0.6) is 5.75 Å². The fourth-order valence-corrected chi connectivity index (χ4v) is 5.26. The summed E-state index contributed by atoms with van der Waals surface area (Å²) in [6.45, 7) is 3.07. The summed E-state index contributed by atoms with van der Waals surface area (Å²) in [7, 11) is 1.31. The number of carbonyl (C=O) groups excluding carboxylic acids is 2. The van der Waals surface area contributed by atoms with E-state index in [1.165, 1.54) is 41.3 Å². The molecular formula is C22H18N2O5S2. The molecule has 4 rings (SSSR count). The Kier molecular flexibility index (Phi) is 5.71. The highest BCUT2D eigenvalue weighted by Gasteiger charge is 2.33. The van der Waals surface area contributed by atoms with Crippen molar-refractivity contribution in [3.63, 3.8) is 0 Å². The lowest BCUT2D eigenvalue weighted by molar-refractivity contribution is -0.136. The molecular weight excluding hydrogens is 436 g/mol. The number of ether oxygens (including phenoxy) is 2. The van der Waals surface area contributed by atoms with Crippen LogP contribution in [0.2, 0.25) is 0 Å². The molecule has 1 unspecified atom stereocenters. The van der Waals surface area contributed by atoms with Gasteiger partial charge >= 0.3 is 11.9 Å². The maximum Gasteiger partial charge on any atom is 0.338 e. The molecule has 1 atom stereocenters. The van der Waals surface area contributed by atoms with E-state index in [1.807, 2.05) is 23.6 Å². The molecule has 0 radical (unpaired) electrons. The van der Waals surface area contributed by atoms with Gasteiger partial charge in [-0.25, -0.2) is 9.79 Å². The van der Waals surface area contributed by atoms with E-state index in [2.05, 4.69) is 4.99 Å². The number of hydrogen-bond donors (Lipinski definition) is 0. The third-order valence-corrected chi connectivity index (χ3v) is 6.56. The highest BCUT2D eigenvalue weighted by molar-refractivity contribution is 7.10. The number of carbonyl (C=O) groups is 2. The lowest BCUT2D eigenvalue weighted by atomic mass is 10.0. The Morgan fingerprint density at radius 1 is 1.23 bits per heavy atom. The summed E-state index contributed by atoms with van der Waals surface area (Å²) < 4.78 is 12.1. The van der Waals surface area contributed by atoms with Crippen molar-refractivity contribution in [2.45, 2.75) is 19.9 Å². The molecule has 9 heteroatoms. The van der Waals surface area contributed by atoms with Gasteiger partial charge in [0.1, 0.15) is 11.8 Å².